The van der Waals surface area contributed by atoms with Gasteiger partial charge in [0.15, 0.2) is 5.13 Å². The standard InChI is InChI=1S/C14H17N3OS/c1-9(2)6-13(18)16-11-5-3-4-10(7-11)12-8-19-14(15)17-12/h3-5,7-9H,6H2,1-2H3,(H2,15,17)(H,16,18). The molecule has 2 rings (SSSR count). The summed E-state index contributed by atoms with van der Waals surface area (Å²) in [5, 5.41) is 5.35. The van der Waals surface area contributed by atoms with E-state index in [-0.39, 0.29) is 5.91 Å². The summed E-state index contributed by atoms with van der Waals surface area (Å²) in [7, 11) is 0. The molecule has 1 aromatic carbocycles. The minimum atomic E-state index is 0.0324. The van der Waals surface area contributed by atoms with Crippen LogP contribution < -0.4 is 11.1 Å². The number of benzene rings is 1. The minimum Gasteiger partial charge on any atom is -0.375 e. The Bertz CT molecular complexity index is 578. The van der Waals surface area contributed by atoms with Crippen molar-refractivity contribution in [2.75, 3.05) is 11.1 Å². The Morgan fingerprint density at radius 2 is 2.26 bits per heavy atom. The van der Waals surface area contributed by atoms with E-state index in [0.717, 1.165) is 16.9 Å². The number of carbonyl (C=O) groups is 1. The number of anilines is 2. The van der Waals surface area contributed by atoms with Crippen LogP contribution in [0.1, 0.15) is 20.3 Å². The highest BCUT2D eigenvalue weighted by Crippen LogP contribution is 2.25. The molecule has 0 aliphatic rings. The van der Waals surface area contributed by atoms with E-state index in [4.69, 9.17) is 5.73 Å². The van der Waals surface area contributed by atoms with E-state index in [1.807, 2.05) is 43.5 Å². The van der Waals surface area contributed by atoms with Crippen molar-refractivity contribution >= 4 is 28.1 Å². The number of carbonyl (C=O) groups excluding carboxylic acids is 1. The van der Waals surface area contributed by atoms with Crippen LogP contribution in [0.25, 0.3) is 11.3 Å². The summed E-state index contributed by atoms with van der Waals surface area (Å²) in [6.45, 7) is 4.04. The molecular weight excluding hydrogens is 258 g/mol. The summed E-state index contributed by atoms with van der Waals surface area (Å²) in [5.41, 5.74) is 8.20. The summed E-state index contributed by atoms with van der Waals surface area (Å²) in [6.07, 6.45) is 0.522. The van der Waals surface area contributed by atoms with Gasteiger partial charge in [0.2, 0.25) is 5.91 Å². The Morgan fingerprint density at radius 3 is 2.89 bits per heavy atom. The zero-order chi connectivity index (χ0) is 13.8. The fraction of sp³-hybridized carbons (Fsp3) is 0.286. The number of hydrogen-bond acceptors (Lipinski definition) is 4. The number of nitrogen functional groups attached to an aromatic ring is 1. The van der Waals surface area contributed by atoms with Crippen molar-refractivity contribution < 1.29 is 4.79 Å². The fourth-order valence-electron chi connectivity index (χ4n) is 1.76. The third-order valence-electron chi connectivity index (χ3n) is 2.56. The molecule has 19 heavy (non-hydrogen) atoms. The lowest BCUT2D eigenvalue weighted by atomic mass is 10.1. The molecule has 0 atom stereocenters. The molecule has 2 aromatic rings. The molecule has 0 bridgehead atoms. The van der Waals surface area contributed by atoms with Crippen LogP contribution in [0.2, 0.25) is 0 Å². The minimum absolute atomic E-state index is 0.0324. The molecule has 0 spiro atoms. The number of nitrogens with one attached hydrogen (secondary N) is 1. The van der Waals surface area contributed by atoms with Crippen molar-refractivity contribution in [1.29, 1.82) is 0 Å². The quantitative estimate of drug-likeness (QED) is 0.898. The lowest BCUT2D eigenvalue weighted by molar-refractivity contribution is -0.116. The summed E-state index contributed by atoms with van der Waals surface area (Å²) >= 11 is 1.41. The van der Waals surface area contributed by atoms with Crippen LogP contribution in [0.3, 0.4) is 0 Å². The van der Waals surface area contributed by atoms with Crippen molar-refractivity contribution in [3.8, 4) is 11.3 Å². The van der Waals surface area contributed by atoms with E-state index in [9.17, 15) is 4.79 Å². The maximum absolute atomic E-state index is 11.7. The first kappa shape index (κ1) is 13.5. The van der Waals surface area contributed by atoms with Gasteiger partial charge in [-0.25, -0.2) is 4.98 Å². The number of aromatic nitrogens is 1. The highest BCUT2D eigenvalue weighted by Gasteiger charge is 2.07. The van der Waals surface area contributed by atoms with Gasteiger partial charge in [-0.05, 0) is 18.1 Å². The topological polar surface area (TPSA) is 68.0 Å². The van der Waals surface area contributed by atoms with Gasteiger partial charge in [0.25, 0.3) is 0 Å². The Labute approximate surface area is 116 Å². The summed E-state index contributed by atoms with van der Waals surface area (Å²) in [6, 6.07) is 7.63. The predicted octanol–water partition coefficient (Wildman–Crippen LogP) is 3.38. The SMILES string of the molecule is CC(C)CC(=O)Nc1cccc(-c2csc(N)n2)c1. The monoisotopic (exact) mass is 275 g/mol. The van der Waals surface area contributed by atoms with Gasteiger partial charge in [0.05, 0.1) is 5.69 Å². The molecule has 0 unspecified atom stereocenters. The number of nitrogens with two attached hydrogens (primary N) is 1. The van der Waals surface area contributed by atoms with Crippen molar-refractivity contribution in [2.45, 2.75) is 20.3 Å². The van der Waals surface area contributed by atoms with Crippen LogP contribution in [-0.4, -0.2) is 10.9 Å². The molecule has 5 heteroatoms. The largest absolute Gasteiger partial charge is 0.375 e. The van der Waals surface area contributed by atoms with Gasteiger partial charge >= 0.3 is 0 Å². The normalized spacial score (nSPS) is 10.7. The molecule has 100 valence electrons. The van der Waals surface area contributed by atoms with Crippen molar-refractivity contribution in [3.05, 3.63) is 29.6 Å². The maximum atomic E-state index is 11.7. The van der Waals surface area contributed by atoms with Crippen LogP contribution in [0.4, 0.5) is 10.8 Å². The molecule has 3 N–H and O–H groups in total. The van der Waals surface area contributed by atoms with Gasteiger partial charge in [-0.2, -0.15) is 0 Å². The third-order valence-corrected chi connectivity index (χ3v) is 3.23. The number of rotatable bonds is 4. The maximum Gasteiger partial charge on any atom is 0.224 e. The first-order valence-corrected chi connectivity index (χ1v) is 7.04. The molecule has 0 aliphatic carbocycles. The molecule has 1 heterocycles. The summed E-state index contributed by atoms with van der Waals surface area (Å²) < 4.78 is 0. The molecule has 0 radical (unpaired) electrons. The van der Waals surface area contributed by atoms with Gasteiger partial charge in [-0.3, -0.25) is 4.79 Å². The van der Waals surface area contributed by atoms with Gasteiger partial charge in [-0.1, -0.05) is 26.0 Å². The van der Waals surface area contributed by atoms with Gasteiger partial charge in [0.1, 0.15) is 0 Å². The van der Waals surface area contributed by atoms with Gasteiger partial charge in [0, 0.05) is 23.1 Å². The van der Waals surface area contributed by atoms with Crippen LogP contribution in [-0.2, 0) is 4.79 Å². The molecule has 0 aliphatic heterocycles. The van der Waals surface area contributed by atoms with Crippen LogP contribution in [0.15, 0.2) is 29.6 Å². The Balaban J connectivity index is 2.13. The molecule has 0 saturated carbocycles. The third kappa shape index (κ3) is 3.79. The molecular formula is C14H17N3OS. The number of amides is 1. The number of nitrogens with zero attached hydrogens (tertiary/aromatic N) is 1. The fourth-order valence-corrected chi connectivity index (χ4v) is 2.33. The van der Waals surface area contributed by atoms with E-state index >= 15 is 0 Å². The second kappa shape index (κ2) is 5.84. The average molecular weight is 275 g/mol. The van der Waals surface area contributed by atoms with Crippen molar-refractivity contribution in [1.82, 2.24) is 4.98 Å². The van der Waals surface area contributed by atoms with Gasteiger partial charge < -0.3 is 11.1 Å². The second-order valence-corrected chi connectivity index (χ2v) is 5.69. The second-order valence-electron chi connectivity index (χ2n) is 4.80. The lowest BCUT2D eigenvalue weighted by Crippen LogP contribution is -2.13. The molecule has 1 amide bonds. The zero-order valence-corrected chi connectivity index (χ0v) is 11.8. The number of hydrogen-bond donors (Lipinski definition) is 2. The first-order chi connectivity index (χ1) is 9.04. The first-order valence-electron chi connectivity index (χ1n) is 6.16. The number of thiazole rings is 1. The van der Waals surface area contributed by atoms with Crippen LogP contribution in [0.5, 0.6) is 0 Å². The molecule has 0 fully saturated rings. The highest BCUT2D eigenvalue weighted by molar-refractivity contribution is 7.13. The molecule has 4 nitrogen and oxygen atoms in total. The zero-order valence-electron chi connectivity index (χ0n) is 11.0. The van der Waals surface area contributed by atoms with E-state index in [2.05, 4.69) is 10.3 Å². The van der Waals surface area contributed by atoms with E-state index in [1.165, 1.54) is 11.3 Å². The van der Waals surface area contributed by atoms with E-state index < -0.39 is 0 Å². The van der Waals surface area contributed by atoms with Crippen LogP contribution in [0, 0.1) is 5.92 Å². The van der Waals surface area contributed by atoms with Crippen LogP contribution >= 0.6 is 11.3 Å². The lowest BCUT2D eigenvalue weighted by Gasteiger charge is -2.08. The Hall–Kier alpha value is -1.88. The van der Waals surface area contributed by atoms with E-state index in [1.54, 1.807) is 0 Å². The van der Waals surface area contributed by atoms with Crippen molar-refractivity contribution in [3.63, 3.8) is 0 Å². The van der Waals surface area contributed by atoms with Gasteiger partial charge in [-0.15, -0.1) is 11.3 Å². The predicted molar refractivity (Wildman–Crippen MR) is 80.0 cm³/mol. The Kier molecular flexibility index (Phi) is 4.16. The highest BCUT2D eigenvalue weighted by atomic mass is 32.1. The Morgan fingerprint density at radius 1 is 1.47 bits per heavy atom. The summed E-state index contributed by atoms with van der Waals surface area (Å²) in [4.78, 5) is 16.0. The van der Waals surface area contributed by atoms with Crippen molar-refractivity contribution in [2.24, 2.45) is 5.92 Å². The average Bonchev–Trinajstić information content (AvgIpc) is 2.75. The molecule has 0 saturated heterocycles. The molecule has 1 aromatic heterocycles. The summed E-state index contributed by atoms with van der Waals surface area (Å²) in [5.74, 6) is 0.381. The van der Waals surface area contributed by atoms with E-state index in [0.29, 0.717) is 17.5 Å². The smallest absolute Gasteiger partial charge is 0.224 e.